The Hall–Kier alpha value is -1.28. The normalized spacial score (nSPS) is 13.4. The van der Waals surface area contributed by atoms with Gasteiger partial charge < -0.3 is 9.52 Å². The van der Waals surface area contributed by atoms with Gasteiger partial charge in [0.2, 0.25) is 0 Å². The van der Waals surface area contributed by atoms with Gasteiger partial charge >= 0.3 is 0 Å². The summed E-state index contributed by atoms with van der Waals surface area (Å²) >= 11 is 0. The largest absolute Gasteiger partial charge is 0.461 e. The molecule has 2 rings (SSSR count). The van der Waals surface area contributed by atoms with Crippen LogP contribution in [0.5, 0.6) is 0 Å². The molecule has 1 aromatic heterocycles. The Bertz CT molecular complexity index is 466. The fourth-order valence-electron chi connectivity index (χ4n) is 1.80. The molecule has 0 amide bonds. The van der Waals surface area contributed by atoms with Crippen LogP contribution in [0.25, 0.3) is 11.0 Å². The van der Waals surface area contributed by atoms with E-state index in [9.17, 15) is 5.11 Å². The van der Waals surface area contributed by atoms with Crippen molar-refractivity contribution in [3.63, 3.8) is 0 Å². The summed E-state index contributed by atoms with van der Waals surface area (Å²) in [5.74, 6) is 0.924. The van der Waals surface area contributed by atoms with E-state index in [1.165, 1.54) is 0 Å². The van der Waals surface area contributed by atoms with Crippen molar-refractivity contribution in [2.24, 2.45) is 0 Å². The first-order valence-electron chi connectivity index (χ1n) is 4.78. The third-order valence-corrected chi connectivity index (χ3v) is 2.67. The lowest BCUT2D eigenvalue weighted by Crippen LogP contribution is -1.91. The van der Waals surface area contributed by atoms with Gasteiger partial charge in [0.1, 0.15) is 11.3 Å². The van der Waals surface area contributed by atoms with Gasteiger partial charge in [0.15, 0.2) is 0 Å². The van der Waals surface area contributed by atoms with Crippen molar-refractivity contribution in [1.29, 1.82) is 0 Å². The predicted octanol–water partition coefficient (Wildman–Crippen LogP) is 3.10. The van der Waals surface area contributed by atoms with E-state index in [0.717, 1.165) is 27.9 Å². The molecule has 1 N–H and O–H groups in total. The minimum Gasteiger partial charge on any atom is -0.461 e. The third kappa shape index (κ3) is 1.23. The maximum atomic E-state index is 9.61. The second-order valence-corrected chi connectivity index (χ2v) is 3.68. The van der Waals surface area contributed by atoms with Crippen LogP contribution in [0.2, 0.25) is 0 Å². The molecule has 1 aromatic carbocycles. The molecule has 0 aliphatic heterocycles. The minimum atomic E-state index is -0.450. The maximum absolute atomic E-state index is 9.61. The predicted molar refractivity (Wildman–Crippen MR) is 56.3 cm³/mol. The van der Waals surface area contributed by atoms with Gasteiger partial charge in [0.25, 0.3) is 0 Å². The Balaban J connectivity index is 2.84. The van der Waals surface area contributed by atoms with E-state index < -0.39 is 6.10 Å². The molecule has 0 bridgehead atoms. The molecule has 74 valence electrons. The zero-order chi connectivity index (χ0) is 10.3. The van der Waals surface area contributed by atoms with Gasteiger partial charge in [0, 0.05) is 5.39 Å². The van der Waals surface area contributed by atoms with Gasteiger partial charge in [-0.15, -0.1) is 0 Å². The van der Waals surface area contributed by atoms with Crippen molar-refractivity contribution >= 4 is 11.0 Å². The number of hydrogen-bond donors (Lipinski definition) is 1. The number of furan rings is 1. The molecule has 14 heavy (non-hydrogen) atoms. The van der Waals surface area contributed by atoms with Gasteiger partial charge in [-0.2, -0.15) is 0 Å². The molecule has 0 aliphatic rings. The summed E-state index contributed by atoms with van der Waals surface area (Å²) in [5, 5.41) is 10.7. The van der Waals surface area contributed by atoms with E-state index in [2.05, 4.69) is 0 Å². The van der Waals surface area contributed by atoms with Gasteiger partial charge in [-0.3, -0.25) is 0 Å². The minimum absolute atomic E-state index is 0.450. The van der Waals surface area contributed by atoms with Crippen molar-refractivity contribution in [2.45, 2.75) is 26.9 Å². The Morgan fingerprint density at radius 3 is 2.64 bits per heavy atom. The van der Waals surface area contributed by atoms with E-state index in [4.69, 9.17) is 4.42 Å². The molecule has 2 heteroatoms. The van der Waals surface area contributed by atoms with Crippen LogP contribution < -0.4 is 0 Å². The Labute approximate surface area is 83.2 Å². The van der Waals surface area contributed by atoms with Crippen molar-refractivity contribution in [2.75, 3.05) is 0 Å². The first kappa shape index (κ1) is 9.28. The van der Waals surface area contributed by atoms with Crippen LogP contribution in [-0.4, -0.2) is 5.11 Å². The van der Waals surface area contributed by atoms with Gasteiger partial charge in [0.05, 0.1) is 6.10 Å². The molecule has 0 fully saturated rings. The summed E-state index contributed by atoms with van der Waals surface area (Å²) in [6.45, 7) is 5.74. The van der Waals surface area contributed by atoms with E-state index in [1.807, 2.05) is 32.0 Å². The molecule has 2 aromatic rings. The van der Waals surface area contributed by atoms with Crippen LogP contribution in [-0.2, 0) is 0 Å². The maximum Gasteiger partial charge on any atom is 0.134 e. The van der Waals surface area contributed by atoms with Crippen LogP contribution in [0.15, 0.2) is 22.6 Å². The molecule has 1 unspecified atom stereocenters. The lowest BCUT2D eigenvalue weighted by molar-refractivity contribution is 0.201. The molecule has 0 radical (unpaired) electrons. The van der Waals surface area contributed by atoms with Crippen LogP contribution in [0.3, 0.4) is 0 Å². The second kappa shape index (κ2) is 3.14. The first-order chi connectivity index (χ1) is 6.61. The van der Waals surface area contributed by atoms with Crippen molar-refractivity contribution < 1.29 is 9.52 Å². The molecular formula is C12H14O2. The summed E-state index contributed by atoms with van der Waals surface area (Å²) in [4.78, 5) is 0. The SMILES string of the molecule is Cc1oc2cccc(C(C)O)c2c1C. The molecule has 2 nitrogen and oxygen atoms in total. The number of aliphatic hydroxyl groups excluding tert-OH is 1. The number of aliphatic hydroxyl groups is 1. The lowest BCUT2D eigenvalue weighted by Gasteiger charge is -2.05. The average Bonchev–Trinajstić information content (AvgIpc) is 2.43. The molecule has 1 heterocycles. The number of aryl methyl sites for hydroxylation is 2. The molecule has 0 saturated carbocycles. The van der Waals surface area contributed by atoms with Crippen LogP contribution in [0.4, 0.5) is 0 Å². The van der Waals surface area contributed by atoms with Gasteiger partial charge in [-0.05, 0) is 38.0 Å². The zero-order valence-corrected chi connectivity index (χ0v) is 8.66. The Morgan fingerprint density at radius 2 is 2.00 bits per heavy atom. The lowest BCUT2D eigenvalue weighted by atomic mass is 10.0. The van der Waals surface area contributed by atoms with Crippen LogP contribution in [0, 0.1) is 13.8 Å². The highest BCUT2D eigenvalue weighted by Crippen LogP contribution is 2.30. The molecule has 0 saturated heterocycles. The Kier molecular flexibility index (Phi) is 2.08. The third-order valence-electron chi connectivity index (χ3n) is 2.67. The summed E-state index contributed by atoms with van der Waals surface area (Å²) in [6.07, 6.45) is -0.450. The monoisotopic (exact) mass is 190 g/mol. The highest BCUT2D eigenvalue weighted by Gasteiger charge is 2.13. The van der Waals surface area contributed by atoms with E-state index in [0.29, 0.717) is 0 Å². The second-order valence-electron chi connectivity index (χ2n) is 3.68. The zero-order valence-electron chi connectivity index (χ0n) is 8.66. The van der Waals surface area contributed by atoms with E-state index in [-0.39, 0.29) is 0 Å². The molecule has 1 atom stereocenters. The summed E-state index contributed by atoms with van der Waals surface area (Å²) in [7, 11) is 0. The average molecular weight is 190 g/mol. The molecule has 0 spiro atoms. The van der Waals surface area contributed by atoms with E-state index in [1.54, 1.807) is 6.92 Å². The quantitative estimate of drug-likeness (QED) is 0.749. The smallest absolute Gasteiger partial charge is 0.134 e. The van der Waals surface area contributed by atoms with Gasteiger partial charge in [-0.25, -0.2) is 0 Å². The topological polar surface area (TPSA) is 33.4 Å². The standard InChI is InChI=1S/C12H14O2/c1-7-9(3)14-11-6-4-5-10(8(2)13)12(7)11/h4-6,8,13H,1-3H3. The van der Waals surface area contributed by atoms with Crippen LogP contribution >= 0.6 is 0 Å². The fraction of sp³-hybridized carbons (Fsp3) is 0.333. The summed E-state index contributed by atoms with van der Waals surface area (Å²) < 4.78 is 5.58. The number of fused-ring (bicyclic) bond motifs is 1. The molecular weight excluding hydrogens is 176 g/mol. The summed E-state index contributed by atoms with van der Waals surface area (Å²) in [6, 6.07) is 5.78. The highest BCUT2D eigenvalue weighted by atomic mass is 16.3. The van der Waals surface area contributed by atoms with E-state index >= 15 is 0 Å². The number of rotatable bonds is 1. The molecule has 0 aliphatic carbocycles. The summed E-state index contributed by atoms with van der Waals surface area (Å²) in [5.41, 5.74) is 2.92. The fourth-order valence-corrected chi connectivity index (χ4v) is 1.80. The van der Waals surface area contributed by atoms with Crippen molar-refractivity contribution in [1.82, 2.24) is 0 Å². The first-order valence-corrected chi connectivity index (χ1v) is 4.78. The number of benzene rings is 1. The number of hydrogen-bond acceptors (Lipinski definition) is 2. The van der Waals surface area contributed by atoms with Crippen molar-refractivity contribution in [3.8, 4) is 0 Å². The van der Waals surface area contributed by atoms with Gasteiger partial charge in [-0.1, -0.05) is 12.1 Å². The van der Waals surface area contributed by atoms with Crippen molar-refractivity contribution in [3.05, 3.63) is 35.1 Å². The van der Waals surface area contributed by atoms with Crippen LogP contribution in [0.1, 0.15) is 29.9 Å². The highest BCUT2D eigenvalue weighted by molar-refractivity contribution is 5.85. The Morgan fingerprint density at radius 1 is 1.29 bits per heavy atom.